The molecule has 0 spiro atoms. The Kier molecular flexibility index (Phi) is 5.62. The molecule has 1 amide bonds. The summed E-state index contributed by atoms with van der Waals surface area (Å²) >= 11 is 6.17. The Hall–Kier alpha value is -1.10. The van der Waals surface area contributed by atoms with Gasteiger partial charge in [-0.3, -0.25) is 9.69 Å². The third kappa shape index (κ3) is 4.43. The van der Waals surface area contributed by atoms with Gasteiger partial charge in [-0.05, 0) is 32.5 Å². The van der Waals surface area contributed by atoms with Crippen LogP contribution in [0.4, 0.5) is 0 Å². The molecule has 1 aliphatic rings. The maximum atomic E-state index is 12.2. The summed E-state index contributed by atoms with van der Waals surface area (Å²) in [4.78, 5) is 16.8. The molecule has 1 aromatic carbocycles. The van der Waals surface area contributed by atoms with Gasteiger partial charge in [-0.2, -0.15) is 0 Å². The number of carbonyl (C=O) groups excluding carboxylic acids is 1. The van der Waals surface area contributed by atoms with E-state index in [4.69, 9.17) is 11.6 Å². The van der Waals surface area contributed by atoms with Crippen LogP contribution in [0.1, 0.15) is 25.5 Å². The molecule has 1 saturated heterocycles. The number of hydrogen-bond donors (Lipinski definition) is 1. The van der Waals surface area contributed by atoms with Gasteiger partial charge in [-0.25, -0.2) is 0 Å². The lowest BCUT2D eigenvalue weighted by Crippen LogP contribution is -2.53. The van der Waals surface area contributed by atoms with Crippen molar-refractivity contribution in [1.29, 1.82) is 0 Å². The summed E-state index contributed by atoms with van der Waals surface area (Å²) in [7, 11) is 2.12. The van der Waals surface area contributed by atoms with Crippen molar-refractivity contribution in [2.45, 2.75) is 25.9 Å². The van der Waals surface area contributed by atoms with E-state index in [2.05, 4.69) is 29.1 Å². The molecule has 1 aromatic rings. The molecule has 1 N–H and O–H groups in total. The highest BCUT2D eigenvalue weighted by atomic mass is 35.5. The smallest absolute Gasteiger partial charge is 0.234 e. The summed E-state index contributed by atoms with van der Waals surface area (Å²) in [6.07, 6.45) is 0. The summed E-state index contributed by atoms with van der Waals surface area (Å²) in [6, 6.07) is 7.96. The minimum atomic E-state index is -0.0750. The predicted octanol–water partition coefficient (Wildman–Crippen LogP) is 2.15. The molecule has 5 heteroatoms. The highest BCUT2D eigenvalue weighted by molar-refractivity contribution is 6.31. The van der Waals surface area contributed by atoms with Crippen molar-refractivity contribution in [3.05, 3.63) is 34.9 Å². The highest BCUT2D eigenvalue weighted by Crippen LogP contribution is 2.22. The highest BCUT2D eigenvalue weighted by Gasteiger charge is 2.23. The normalized spacial score (nSPS) is 22.0. The number of amides is 1. The minimum absolute atomic E-state index is 0.0545. The topological polar surface area (TPSA) is 35.6 Å². The zero-order valence-electron chi connectivity index (χ0n) is 13.0. The monoisotopic (exact) mass is 309 g/mol. The van der Waals surface area contributed by atoms with Gasteiger partial charge in [-0.15, -0.1) is 0 Å². The van der Waals surface area contributed by atoms with Crippen LogP contribution in [0.25, 0.3) is 0 Å². The fourth-order valence-corrected chi connectivity index (χ4v) is 3.09. The first-order valence-corrected chi connectivity index (χ1v) is 7.81. The summed E-state index contributed by atoms with van der Waals surface area (Å²) in [6.45, 7) is 7.54. The number of hydrogen-bond acceptors (Lipinski definition) is 3. The molecular formula is C16H24ClN3O. The van der Waals surface area contributed by atoms with Crippen molar-refractivity contribution < 1.29 is 4.79 Å². The largest absolute Gasteiger partial charge is 0.348 e. The summed E-state index contributed by atoms with van der Waals surface area (Å²) in [5, 5.41) is 3.73. The molecule has 0 saturated carbocycles. The molecule has 1 fully saturated rings. The van der Waals surface area contributed by atoms with Crippen LogP contribution < -0.4 is 5.32 Å². The van der Waals surface area contributed by atoms with Crippen molar-refractivity contribution in [2.24, 2.45) is 0 Å². The molecule has 2 rings (SSSR count). The second-order valence-corrected chi connectivity index (χ2v) is 6.30. The third-order valence-electron chi connectivity index (χ3n) is 4.06. The van der Waals surface area contributed by atoms with Gasteiger partial charge in [0.1, 0.15) is 0 Å². The average Bonchev–Trinajstić information content (AvgIpc) is 2.42. The standard InChI is InChI=1S/C16H24ClN3O/c1-12-10-19(3)8-9-20(12)11-16(21)18-13(2)14-6-4-5-7-15(14)17/h4-7,12-13H,8-11H2,1-3H3,(H,18,21)/t12-,13+/m0/s1. The lowest BCUT2D eigenvalue weighted by Gasteiger charge is -2.37. The van der Waals surface area contributed by atoms with Crippen molar-refractivity contribution in [1.82, 2.24) is 15.1 Å². The van der Waals surface area contributed by atoms with Crippen LogP contribution in [-0.2, 0) is 4.79 Å². The second-order valence-electron chi connectivity index (χ2n) is 5.89. The summed E-state index contributed by atoms with van der Waals surface area (Å²) < 4.78 is 0. The van der Waals surface area contributed by atoms with E-state index in [1.807, 2.05) is 31.2 Å². The lowest BCUT2D eigenvalue weighted by atomic mass is 10.1. The van der Waals surface area contributed by atoms with Gasteiger partial charge in [0.05, 0.1) is 12.6 Å². The molecule has 0 aliphatic carbocycles. The number of carbonyl (C=O) groups is 1. The van der Waals surface area contributed by atoms with Gasteiger partial charge < -0.3 is 10.2 Å². The maximum absolute atomic E-state index is 12.2. The van der Waals surface area contributed by atoms with Gasteiger partial charge in [0, 0.05) is 30.7 Å². The Morgan fingerprint density at radius 1 is 1.43 bits per heavy atom. The fraction of sp³-hybridized carbons (Fsp3) is 0.562. The number of nitrogens with one attached hydrogen (secondary N) is 1. The van der Waals surface area contributed by atoms with Crippen LogP contribution in [0.3, 0.4) is 0 Å². The molecule has 0 bridgehead atoms. The van der Waals surface area contributed by atoms with Crippen LogP contribution in [-0.4, -0.2) is 55.0 Å². The third-order valence-corrected chi connectivity index (χ3v) is 4.41. The Balaban J connectivity index is 1.88. The number of rotatable bonds is 4. The van der Waals surface area contributed by atoms with Gasteiger partial charge >= 0.3 is 0 Å². The minimum Gasteiger partial charge on any atom is -0.348 e. The Labute approximate surface area is 132 Å². The van der Waals surface area contributed by atoms with Crippen LogP contribution in [0.2, 0.25) is 5.02 Å². The van der Waals surface area contributed by atoms with Gasteiger partial charge in [0.2, 0.25) is 5.91 Å². The summed E-state index contributed by atoms with van der Waals surface area (Å²) in [5.74, 6) is 0.0545. The van der Waals surface area contributed by atoms with Crippen molar-refractivity contribution in [3.63, 3.8) is 0 Å². The van der Waals surface area contributed by atoms with E-state index in [-0.39, 0.29) is 11.9 Å². The van der Waals surface area contributed by atoms with E-state index in [1.165, 1.54) is 0 Å². The van der Waals surface area contributed by atoms with Gasteiger partial charge in [0.25, 0.3) is 0 Å². The van der Waals surface area contributed by atoms with Crippen LogP contribution in [0.5, 0.6) is 0 Å². The molecule has 116 valence electrons. The number of nitrogens with zero attached hydrogens (tertiary/aromatic N) is 2. The molecule has 4 nitrogen and oxygen atoms in total. The second kappa shape index (κ2) is 7.25. The maximum Gasteiger partial charge on any atom is 0.234 e. The number of likely N-dealkylation sites (N-methyl/N-ethyl adjacent to an activating group) is 1. The van der Waals surface area contributed by atoms with Crippen molar-refractivity contribution in [3.8, 4) is 0 Å². The van der Waals surface area contributed by atoms with Crippen molar-refractivity contribution >= 4 is 17.5 Å². The van der Waals surface area contributed by atoms with Crippen LogP contribution in [0, 0.1) is 0 Å². The quantitative estimate of drug-likeness (QED) is 0.926. The van der Waals surface area contributed by atoms with Crippen LogP contribution in [0.15, 0.2) is 24.3 Å². The predicted molar refractivity (Wildman–Crippen MR) is 86.5 cm³/mol. The van der Waals surface area contributed by atoms with Gasteiger partial charge in [-0.1, -0.05) is 29.8 Å². The Morgan fingerprint density at radius 3 is 2.81 bits per heavy atom. The summed E-state index contributed by atoms with van der Waals surface area (Å²) in [5.41, 5.74) is 0.957. The zero-order chi connectivity index (χ0) is 15.4. The van der Waals surface area contributed by atoms with E-state index in [9.17, 15) is 4.79 Å². The first-order valence-electron chi connectivity index (χ1n) is 7.43. The van der Waals surface area contributed by atoms with E-state index in [1.54, 1.807) is 0 Å². The first kappa shape index (κ1) is 16.3. The molecule has 0 radical (unpaired) electrons. The SMILES string of the molecule is C[C@@H](NC(=O)CN1CCN(C)C[C@@H]1C)c1ccccc1Cl. The van der Waals surface area contributed by atoms with Gasteiger partial charge in [0.15, 0.2) is 0 Å². The van der Waals surface area contributed by atoms with E-state index in [0.717, 1.165) is 25.2 Å². The molecule has 1 heterocycles. The fourth-order valence-electron chi connectivity index (χ4n) is 2.79. The molecule has 0 aromatic heterocycles. The molecule has 21 heavy (non-hydrogen) atoms. The molecule has 1 aliphatic heterocycles. The Morgan fingerprint density at radius 2 is 2.14 bits per heavy atom. The van der Waals surface area contributed by atoms with E-state index >= 15 is 0 Å². The number of piperazine rings is 1. The van der Waals surface area contributed by atoms with E-state index < -0.39 is 0 Å². The number of benzene rings is 1. The van der Waals surface area contributed by atoms with E-state index in [0.29, 0.717) is 17.6 Å². The molecule has 2 atom stereocenters. The van der Waals surface area contributed by atoms with Crippen molar-refractivity contribution in [2.75, 3.05) is 33.2 Å². The average molecular weight is 310 g/mol. The Bertz CT molecular complexity index is 494. The zero-order valence-corrected chi connectivity index (χ0v) is 13.7. The first-order chi connectivity index (χ1) is 9.97. The number of halogens is 1. The molecule has 0 unspecified atom stereocenters. The van der Waals surface area contributed by atoms with Crippen LogP contribution >= 0.6 is 11.6 Å². The molecular weight excluding hydrogens is 286 g/mol. The lowest BCUT2D eigenvalue weighted by molar-refractivity contribution is -0.124.